The van der Waals surface area contributed by atoms with Gasteiger partial charge in [-0.2, -0.15) is 0 Å². The van der Waals surface area contributed by atoms with E-state index in [1.54, 1.807) is 0 Å². The topological polar surface area (TPSA) is 47.3 Å². The van der Waals surface area contributed by atoms with Gasteiger partial charge in [-0.05, 0) is 60.7 Å². The Morgan fingerprint density at radius 2 is 2.05 bits per heavy atom. The Kier molecular flexibility index (Phi) is 4.29. The fraction of sp³-hybridized carbons (Fsp3) is 0.294. The highest BCUT2D eigenvalue weighted by molar-refractivity contribution is 9.10. The van der Waals surface area contributed by atoms with Crippen molar-refractivity contribution in [3.05, 3.63) is 63.6 Å². The van der Waals surface area contributed by atoms with Gasteiger partial charge in [0.1, 0.15) is 5.75 Å². The molecule has 2 aromatic rings. The Labute approximate surface area is 133 Å². The molecule has 3 nitrogen and oxygen atoms in total. The predicted molar refractivity (Wildman–Crippen MR) is 88.1 cm³/mol. The summed E-state index contributed by atoms with van der Waals surface area (Å²) in [7, 11) is 0. The molecule has 0 heterocycles. The van der Waals surface area contributed by atoms with Crippen molar-refractivity contribution in [1.82, 2.24) is 5.43 Å². The number of hydrazine groups is 1. The van der Waals surface area contributed by atoms with Crippen molar-refractivity contribution in [3.8, 4) is 5.75 Å². The summed E-state index contributed by atoms with van der Waals surface area (Å²) in [5.74, 6) is 6.73. The summed E-state index contributed by atoms with van der Waals surface area (Å²) in [6.07, 6.45) is 2.72. The quantitative estimate of drug-likeness (QED) is 0.638. The maximum absolute atomic E-state index is 5.87. The average Bonchev–Trinajstić information content (AvgIpc) is 3.26. The minimum Gasteiger partial charge on any atom is -0.490 e. The summed E-state index contributed by atoms with van der Waals surface area (Å²) in [5, 5.41) is 0. The minimum absolute atomic E-state index is 0.0409. The normalized spacial score (nSPS) is 15.8. The first-order valence-electron chi connectivity index (χ1n) is 7.16. The van der Waals surface area contributed by atoms with E-state index >= 15 is 0 Å². The molecule has 110 valence electrons. The summed E-state index contributed by atoms with van der Waals surface area (Å²) in [6, 6.07) is 14.4. The summed E-state index contributed by atoms with van der Waals surface area (Å²) in [4.78, 5) is 0. The number of aryl methyl sites for hydroxylation is 1. The van der Waals surface area contributed by atoms with E-state index in [2.05, 4.69) is 52.5 Å². The monoisotopic (exact) mass is 346 g/mol. The van der Waals surface area contributed by atoms with E-state index in [9.17, 15) is 0 Å². The van der Waals surface area contributed by atoms with Crippen LogP contribution in [-0.4, -0.2) is 6.10 Å². The second kappa shape index (κ2) is 6.18. The van der Waals surface area contributed by atoms with Crippen molar-refractivity contribution in [2.45, 2.75) is 31.9 Å². The van der Waals surface area contributed by atoms with Gasteiger partial charge in [0, 0.05) is 4.47 Å². The summed E-state index contributed by atoms with van der Waals surface area (Å²) in [6.45, 7) is 2.09. The van der Waals surface area contributed by atoms with Gasteiger partial charge in [-0.3, -0.25) is 5.84 Å². The van der Waals surface area contributed by atoms with Gasteiger partial charge in [-0.25, -0.2) is 5.43 Å². The highest BCUT2D eigenvalue weighted by atomic mass is 79.9. The number of benzene rings is 2. The summed E-state index contributed by atoms with van der Waals surface area (Å²) in [5.41, 5.74) is 6.40. The van der Waals surface area contributed by atoms with Crippen molar-refractivity contribution < 1.29 is 4.74 Å². The van der Waals surface area contributed by atoms with Crippen LogP contribution in [0.25, 0.3) is 0 Å². The molecule has 0 amide bonds. The van der Waals surface area contributed by atoms with E-state index in [1.807, 2.05) is 18.2 Å². The van der Waals surface area contributed by atoms with Crippen molar-refractivity contribution in [3.63, 3.8) is 0 Å². The molecular formula is C17H19BrN2O. The zero-order chi connectivity index (χ0) is 14.8. The number of rotatable bonds is 5. The van der Waals surface area contributed by atoms with Gasteiger partial charge in [0.2, 0.25) is 0 Å². The maximum Gasteiger partial charge on any atom is 0.120 e. The lowest BCUT2D eigenvalue weighted by Gasteiger charge is -2.20. The van der Waals surface area contributed by atoms with Crippen LogP contribution in [0.1, 0.15) is 35.6 Å². The molecule has 4 heteroatoms. The molecule has 3 rings (SSSR count). The van der Waals surface area contributed by atoms with E-state index in [0.717, 1.165) is 28.6 Å². The van der Waals surface area contributed by atoms with E-state index in [-0.39, 0.29) is 6.04 Å². The fourth-order valence-corrected chi connectivity index (χ4v) is 2.95. The molecule has 1 saturated carbocycles. The lowest BCUT2D eigenvalue weighted by molar-refractivity contribution is 0.302. The maximum atomic E-state index is 5.87. The van der Waals surface area contributed by atoms with Crippen LogP contribution >= 0.6 is 15.9 Å². The molecule has 0 aromatic heterocycles. The van der Waals surface area contributed by atoms with Crippen LogP contribution in [0.3, 0.4) is 0 Å². The van der Waals surface area contributed by atoms with Crippen LogP contribution in [-0.2, 0) is 0 Å². The average molecular weight is 347 g/mol. The molecule has 0 saturated heterocycles. The molecule has 1 atom stereocenters. The zero-order valence-corrected chi connectivity index (χ0v) is 13.6. The van der Waals surface area contributed by atoms with Crippen molar-refractivity contribution in [2.24, 2.45) is 5.84 Å². The number of hydrogen-bond donors (Lipinski definition) is 2. The van der Waals surface area contributed by atoms with E-state index in [1.165, 1.54) is 11.1 Å². The van der Waals surface area contributed by atoms with Crippen molar-refractivity contribution >= 4 is 15.9 Å². The Morgan fingerprint density at radius 3 is 2.71 bits per heavy atom. The molecule has 1 aliphatic carbocycles. The molecule has 21 heavy (non-hydrogen) atoms. The second-order valence-corrected chi connectivity index (χ2v) is 6.41. The number of halogens is 1. The van der Waals surface area contributed by atoms with E-state index in [4.69, 9.17) is 10.6 Å². The van der Waals surface area contributed by atoms with Gasteiger partial charge in [0.25, 0.3) is 0 Å². The van der Waals surface area contributed by atoms with Crippen LogP contribution in [0.2, 0.25) is 0 Å². The fourth-order valence-electron chi connectivity index (χ4n) is 2.47. The number of nitrogens with two attached hydrogens (primary N) is 1. The Hall–Kier alpha value is -1.36. The molecule has 3 N–H and O–H groups in total. The van der Waals surface area contributed by atoms with Crippen LogP contribution in [0.15, 0.2) is 46.9 Å². The van der Waals surface area contributed by atoms with Gasteiger partial charge in [0.05, 0.1) is 12.1 Å². The molecule has 1 fully saturated rings. The first-order chi connectivity index (χ1) is 10.2. The number of ether oxygens (including phenoxy) is 1. The van der Waals surface area contributed by atoms with Crippen molar-refractivity contribution in [1.29, 1.82) is 0 Å². The SMILES string of the molecule is Cc1cc(Br)ccc1C(NN)c1cccc(OC2CC2)c1. The van der Waals surface area contributed by atoms with Gasteiger partial charge in [0.15, 0.2) is 0 Å². The Morgan fingerprint density at radius 1 is 1.24 bits per heavy atom. The first-order valence-corrected chi connectivity index (χ1v) is 7.95. The lowest BCUT2D eigenvalue weighted by Crippen LogP contribution is -2.29. The third-order valence-electron chi connectivity index (χ3n) is 3.73. The van der Waals surface area contributed by atoms with Gasteiger partial charge in [-0.15, -0.1) is 0 Å². The van der Waals surface area contributed by atoms with Gasteiger partial charge in [-0.1, -0.05) is 34.1 Å². The highest BCUT2D eigenvalue weighted by Crippen LogP contribution is 2.31. The largest absolute Gasteiger partial charge is 0.490 e. The number of hydrogen-bond acceptors (Lipinski definition) is 3. The van der Waals surface area contributed by atoms with Gasteiger partial charge >= 0.3 is 0 Å². The number of nitrogens with one attached hydrogen (secondary N) is 1. The van der Waals surface area contributed by atoms with E-state index < -0.39 is 0 Å². The Bertz CT molecular complexity index is 640. The van der Waals surface area contributed by atoms with Crippen LogP contribution < -0.4 is 16.0 Å². The van der Waals surface area contributed by atoms with Crippen LogP contribution in [0.4, 0.5) is 0 Å². The predicted octanol–water partition coefficient (Wildman–Crippen LogP) is 3.85. The first kappa shape index (κ1) is 14.6. The Balaban J connectivity index is 1.91. The van der Waals surface area contributed by atoms with Crippen molar-refractivity contribution in [2.75, 3.05) is 0 Å². The molecule has 0 radical (unpaired) electrons. The van der Waals surface area contributed by atoms with Gasteiger partial charge < -0.3 is 4.74 Å². The van der Waals surface area contributed by atoms with Crippen LogP contribution in [0, 0.1) is 6.92 Å². The summed E-state index contributed by atoms with van der Waals surface area (Å²) < 4.78 is 6.94. The lowest BCUT2D eigenvalue weighted by atomic mass is 9.95. The molecule has 1 unspecified atom stereocenters. The summed E-state index contributed by atoms with van der Waals surface area (Å²) >= 11 is 3.50. The molecule has 1 aliphatic rings. The van der Waals surface area contributed by atoms with E-state index in [0.29, 0.717) is 6.10 Å². The molecule has 2 aromatic carbocycles. The third kappa shape index (κ3) is 3.46. The third-order valence-corrected chi connectivity index (χ3v) is 4.22. The minimum atomic E-state index is -0.0409. The molecule has 0 aliphatic heterocycles. The zero-order valence-electron chi connectivity index (χ0n) is 12.0. The smallest absolute Gasteiger partial charge is 0.120 e. The molecule has 0 bridgehead atoms. The molecular weight excluding hydrogens is 328 g/mol. The highest BCUT2D eigenvalue weighted by Gasteiger charge is 2.24. The second-order valence-electron chi connectivity index (χ2n) is 5.49. The molecule has 0 spiro atoms. The van der Waals surface area contributed by atoms with Crippen LogP contribution in [0.5, 0.6) is 5.75 Å². The standard InChI is InChI=1S/C17H19BrN2O/c1-11-9-13(18)5-8-16(11)17(20-19)12-3-2-4-15(10-12)21-14-6-7-14/h2-5,8-10,14,17,20H,6-7,19H2,1H3.